The first-order valence-corrected chi connectivity index (χ1v) is 10.6. The van der Waals surface area contributed by atoms with Crippen molar-refractivity contribution in [3.8, 4) is 0 Å². The van der Waals surface area contributed by atoms with Gasteiger partial charge in [0.25, 0.3) is 5.91 Å². The minimum atomic E-state index is -0.183. The average molecular weight is 395 g/mol. The van der Waals surface area contributed by atoms with Gasteiger partial charge in [-0.1, -0.05) is 38.4 Å². The summed E-state index contributed by atoms with van der Waals surface area (Å²) in [6.45, 7) is 8.48. The Balaban J connectivity index is 1.69. The van der Waals surface area contributed by atoms with Crippen LogP contribution in [0.2, 0.25) is 5.02 Å². The fourth-order valence-corrected chi connectivity index (χ4v) is 5.40. The molecule has 0 aromatic heterocycles. The smallest absolute Gasteiger partial charge is 0.255 e. The zero-order valence-corrected chi connectivity index (χ0v) is 17.3. The predicted octanol–water partition coefficient (Wildman–Crippen LogP) is 4.28. The zero-order valence-electron chi connectivity index (χ0n) is 15.8. The lowest BCUT2D eigenvalue weighted by Crippen LogP contribution is -2.53. The summed E-state index contributed by atoms with van der Waals surface area (Å²) >= 11 is 7.92. The molecule has 1 aromatic carbocycles. The van der Waals surface area contributed by atoms with Gasteiger partial charge in [0, 0.05) is 42.4 Å². The van der Waals surface area contributed by atoms with Gasteiger partial charge in [-0.2, -0.15) is 0 Å². The predicted molar refractivity (Wildman–Crippen MR) is 108 cm³/mol. The molecule has 2 amide bonds. The highest BCUT2D eigenvalue weighted by atomic mass is 35.5. The SMILES string of the molecule is CC(C)(C)CC(=O)N1CCC2(CC1)SCCN2C(=O)c1cccc(Cl)c1. The molecule has 2 fully saturated rings. The molecule has 0 N–H and O–H groups in total. The summed E-state index contributed by atoms with van der Waals surface area (Å²) in [5.74, 6) is 1.22. The third-order valence-corrected chi connectivity index (χ3v) is 6.86. The van der Waals surface area contributed by atoms with Crippen LogP contribution in [0.25, 0.3) is 0 Å². The molecule has 1 spiro atoms. The molecule has 0 saturated carbocycles. The quantitative estimate of drug-likeness (QED) is 0.751. The number of carbonyl (C=O) groups excluding carboxylic acids is 2. The number of likely N-dealkylation sites (tertiary alicyclic amines) is 1. The molecule has 2 heterocycles. The van der Waals surface area contributed by atoms with Gasteiger partial charge >= 0.3 is 0 Å². The largest absolute Gasteiger partial charge is 0.342 e. The van der Waals surface area contributed by atoms with Gasteiger partial charge < -0.3 is 9.80 Å². The van der Waals surface area contributed by atoms with Crippen molar-refractivity contribution < 1.29 is 9.59 Å². The molecule has 2 saturated heterocycles. The van der Waals surface area contributed by atoms with Crippen LogP contribution in [0.1, 0.15) is 50.4 Å². The number of halogens is 1. The van der Waals surface area contributed by atoms with E-state index in [1.807, 2.05) is 33.7 Å². The summed E-state index contributed by atoms with van der Waals surface area (Å²) in [5, 5.41) is 0.583. The van der Waals surface area contributed by atoms with Gasteiger partial charge in [-0.3, -0.25) is 9.59 Å². The molecule has 0 unspecified atom stereocenters. The highest BCUT2D eigenvalue weighted by Crippen LogP contribution is 2.44. The first-order valence-electron chi connectivity index (χ1n) is 9.20. The number of carbonyl (C=O) groups is 2. The minimum Gasteiger partial charge on any atom is -0.342 e. The summed E-state index contributed by atoms with van der Waals surface area (Å²) in [5.41, 5.74) is 0.647. The second-order valence-corrected chi connectivity index (χ2v) is 10.3. The van der Waals surface area contributed by atoms with Crippen LogP contribution in [0.3, 0.4) is 0 Å². The van der Waals surface area contributed by atoms with Crippen molar-refractivity contribution in [3.63, 3.8) is 0 Å². The van der Waals surface area contributed by atoms with E-state index in [-0.39, 0.29) is 22.1 Å². The van der Waals surface area contributed by atoms with Crippen molar-refractivity contribution >= 4 is 35.2 Å². The van der Waals surface area contributed by atoms with Crippen molar-refractivity contribution in [1.29, 1.82) is 0 Å². The molecular formula is C20H27ClN2O2S. The van der Waals surface area contributed by atoms with Gasteiger partial charge in [-0.25, -0.2) is 0 Å². The van der Waals surface area contributed by atoms with Crippen LogP contribution < -0.4 is 0 Å². The molecule has 142 valence electrons. The Hall–Kier alpha value is -1.20. The van der Waals surface area contributed by atoms with Crippen molar-refractivity contribution in [1.82, 2.24) is 9.80 Å². The Bertz CT molecular complexity index is 693. The van der Waals surface area contributed by atoms with E-state index in [0.29, 0.717) is 17.0 Å². The van der Waals surface area contributed by atoms with Crippen LogP contribution in [0.4, 0.5) is 0 Å². The van der Waals surface area contributed by atoms with Crippen LogP contribution in [-0.4, -0.2) is 51.9 Å². The van der Waals surface area contributed by atoms with E-state index < -0.39 is 0 Å². The van der Waals surface area contributed by atoms with Crippen molar-refractivity contribution in [2.75, 3.05) is 25.4 Å². The van der Waals surface area contributed by atoms with Crippen molar-refractivity contribution in [2.45, 2.75) is 44.9 Å². The van der Waals surface area contributed by atoms with Crippen molar-refractivity contribution in [2.24, 2.45) is 5.41 Å². The fraction of sp³-hybridized carbons (Fsp3) is 0.600. The van der Waals surface area contributed by atoms with E-state index in [4.69, 9.17) is 11.6 Å². The van der Waals surface area contributed by atoms with Crippen LogP contribution in [0.15, 0.2) is 24.3 Å². The Morgan fingerprint density at radius 2 is 1.88 bits per heavy atom. The molecule has 2 aliphatic heterocycles. The summed E-state index contributed by atoms with van der Waals surface area (Å²) in [7, 11) is 0. The molecular weight excluding hydrogens is 368 g/mol. The third-order valence-electron chi connectivity index (χ3n) is 5.07. The van der Waals surface area contributed by atoms with E-state index in [9.17, 15) is 9.59 Å². The maximum atomic E-state index is 13.0. The van der Waals surface area contributed by atoms with Gasteiger partial charge in [-0.05, 0) is 36.5 Å². The fourth-order valence-electron chi connectivity index (χ4n) is 3.76. The Labute approximate surface area is 165 Å². The van der Waals surface area contributed by atoms with Crippen LogP contribution in [0.5, 0.6) is 0 Å². The van der Waals surface area contributed by atoms with Crippen molar-refractivity contribution in [3.05, 3.63) is 34.9 Å². The zero-order chi connectivity index (χ0) is 18.9. The van der Waals surface area contributed by atoms with E-state index in [1.165, 1.54) is 0 Å². The Morgan fingerprint density at radius 1 is 1.19 bits per heavy atom. The molecule has 6 heteroatoms. The van der Waals surface area contributed by atoms with Crippen LogP contribution in [0, 0.1) is 5.41 Å². The molecule has 0 bridgehead atoms. The van der Waals surface area contributed by atoms with Crippen LogP contribution >= 0.6 is 23.4 Å². The van der Waals surface area contributed by atoms with Gasteiger partial charge in [0.05, 0.1) is 4.87 Å². The average Bonchev–Trinajstić information content (AvgIpc) is 2.96. The minimum absolute atomic E-state index is 0.00288. The summed E-state index contributed by atoms with van der Waals surface area (Å²) in [4.78, 5) is 29.4. The van der Waals surface area contributed by atoms with Gasteiger partial charge in [0.1, 0.15) is 0 Å². The molecule has 0 radical (unpaired) electrons. The first-order chi connectivity index (χ1) is 12.2. The lowest BCUT2D eigenvalue weighted by molar-refractivity contribution is -0.134. The highest BCUT2D eigenvalue weighted by Gasteiger charge is 2.47. The lowest BCUT2D eigenvalue weighted by atomic mass is 9.91. The first kappa shape index (κ1) is 19.6. The molecule has 4 nitrogen and oxygen atoms in total. The number of amides is 2. The maximum Gasteiger partial charge on any atom is 0.255 e. The van der Waals surface area contributed by atoms with Crippen LogP contribution in [-0.2, 0) is 4.79 Å². The number of rotatable bonds is 2. The van der Waals surface area contributed by atoms with Gasteiger partial charge in [0.15, 0.2) is 0 Å². The second-order valence-electron chi connectivity index (χ2n) is 8.38. The molecule has 1 aromatic rings. The summed E-state index contributed by atoms with van der Waals surface area (Å²) < 4.78 is 0. The molecule has 26 heavy (non-hydrogen) atoms. The Kier molecular flexibility index (Phi) is 5.59. The second kappa shape index (κ2) is 7.43. The topological polar surface area (TPSA) is 40.6 Å². The summed E-state index contributed by atoms with van der Waals surface area (Å²) in [6, 6.07) is 7.17. The molecule has 0 aliphatic carbocycles. The lowest BCUT2D eigenvalue weighted by Gasteiger charge is -2.44. The van der Waals surface area contributed by atoms with Gasteiger partial charge in [0.2, 0.25) is 5.91 Å². The number of benzene rings is 1. The normalized spacial score (nSPS) is 19.8. The monoisotopic (exact) mass is 394 g/mol. The van der Waals surface area contributed by atoms with E-state index in [0.717, 1.165) is 38.2 Å². The third kappa shape index (κ3) is 4.20. The number of hydrogen-bond donors (Lipinski definition) is 0. The molecule has 2 aliphatic rings. The van der Waals surface area contributed by atoms with E-state index >= 15 is 0 Å². The van der Waals surface area contributed by atoms with E-state index in [2.05, 4.69) is 20.8 Å². The highest BCUT2D eigenvalue weighted by molar-refractivity contribution is 8.00. The summed E-state index contributed by atoms with van der Waals surface area (Å²) in [6.07, 6.45) is 2.23. The number of nitrogens with zero attached hydrogens (tertiary/aromatic N) is 2. The maximum absolute atomic E-state index is 13.0. The number of piperidine rings is 1. The number of hydrogen-bond acceptors (Lipinski definition) is 3. The number of thioether (sulfide) groups is 1. The Morgan fingerprint density at radius 3 is 2.50 bits per heavy atom. The standard InChI is InChI=1S/C20H27ClN2O2S/c1-19(2,3)14-17(24)22-9-7-20(8-10-22)23(11-12-26-20)18(25)15-5-4-6-16(21)13-15/h4-6,13H,7-12,14H2,1-3H3. The molecule has 0 atom stereocenters. The van der Waals surface area contributed by atoms with E-state index in [1.54, 1.807) is 12.1 Å². The van der Waals surface area contributed by atoms with Gasteiger partial charge in [-0.15, -0.1) is 11.8 Å². The molecule has 3 rings (SSSR count).